The third-order valence-corrected chi connectivity index (χ3v) is 2.27. The molecule has 1 heteroatoms. The molecule has 0 atom stereocenters. The van der Waals surface area contributed by atoms with E-state index in [1.165, 1.54) is 12.0 Å². The predicted molar refractivity (Wildman–Crippen MR) is 48.4 cm³/mol. The molecule has 1 aliphatic rings. The van der Waals surface area contributed by atoms with E-state index < -0.39 is 0 Å². The van der Waals surface area contributed by atoms with Crippen molar-refractivity contribution in [2.45, 2.75) is 19.3 Å². The summed E-state index contributed by atoms with van der Waals surface area (Å²) >= 11 is 0. The van der Waals surface area contributed by atoms with Gasteiger partial charge >= 0.3 is 0 Å². The molecule has 0 spiro atoms. The highest BCUT2D eigenvalue weighted by Crippen LogP contribution is 2.32. The fraction of sp³-hybridized carbons (Fsp3) is 0.273. The molecule has 2 rings (SSSR count). The maximum absolute atomic E-state index is 11.4. The lowest BCUT2D eigenvalue weighted by Crippen LogP contribution is -1.79. The van der Waals surface area contributed by atoms with E-state index in [2.05, 4.69) is 6.08 Å². The van der Waals surface area contributed by atoms with Gasteiger partial charge in [-0.1, -0.05) is 24.3 Å². The Morgan fingerprint density at radius 2 is 2.00 bits per heavy atom. The Morgan fingerprint density at radius 3 is 2.67 bits per heavy atom. The van der Waals surface area contributed by atoms with Gasteiger partial charge in [-0.2, -0.15) is 0 Å². The second-order valence-electron chi connectivity index (χ2n) is 3.12. The van der Waals surface area contributed by atoms with Gasteiger partial charge in [0, 0.05) is 5.56 Å². The molecule has 0 bridgehead atoms. The molecule has 0 saturated heterocycles. The number of benzene rings is 1. The van der Waals surface area contributed by atoms with Gasteiger partial charge in [0.15, 0.2) is 5.75 Å². The standard InChI is InChI=1S/C11H11O/c12-11-8-4-3-7-10(11)9-5-1-2-6-9/h3-5,7-8H,1-2,6H2. The molecule has 0 unspecified atom stereocenters. The fourth-order valence-corrected chi connectivity index (χ4v) is 1.65. The molecule has 0 aromatic heterocycles. The number of hydrogen-bond donors (Lipinski definition) is 0. The molecule has 12 heavy (non-hydrogen) atoms. The lowest BCUT2D eigenvalue weighted by Gasteiger charge is -2.01. The first-order valence-corrected chi connectivity index (χ1v) is 4.33. The largest absolute Gasteiger partial charge is 0.289 e. The molecule has 1 aromatic rings. The van der Waals surface area contributed by atoms with Crippen LogP contribution in [-0.2, 0) is 5.11 Å². The average molecular weight is 159 g/mol. The van der Waals surface area contributed by atoms with E-state index in [-0.39, 0.29) is 5.75 Å². The van der Waals surface area contributed by atoms with Gasteiger partial charge in [-0.3, -0.25) is 5.11 Å². The average Bonchev–Trinajstić information content (AvgIpc) is 2.57. The number of rotatable bonds is 1. The molecule has 0 fully saturated rings. The van der Waals surface area contributed by atoms with Crippen molar-refractivity contribution < 1.29 is 5.11 Å². The van der Waals surface area contributed by atoms with Crippen LogP contribution in [0, 0.1) is 0 Å². The second kappa shape index (κ2) is 3.02. The minimum absolute atomic E-state index is 0.158. The predicted octanol–water partition coefficient (Wildman–Crippen LogP) is 3.40. The lowest BCUT2D eigenvalue weighted by molar-refractivity contribution is 0.353. The van der Waals surface area contributed by atoms with Gasteiger partial charge < -0.3 is 0 Å². The third-order valence-electron chi connectivity index (χ3n) is 2.27. The molecule has 1 aliphatic carbocycles. The maximum Gasteiger partial charge on any atom is 0.186 e. The van der Waals surface area contributed by atoms with Crippen molar-refractivity contribution in [2.75, 3.05) is 0 Å². The van der Waals surface area contributed by atoms with Crippen LogP contribution in [0.5, 0.6) is 5.75 Å². The SMILES string of the molecule is [O]c1ccccc1C1=CCCC1. The van der Waals surface area contributed by atoms with Crippen molar-refractivity contribution in [3.63, 3.8) is 0 Å². The van der Waals surface area contributed by atoms with Crippen LogP contribution in [0.2, 0.25) is 0 Å². The summed E-state index contributed by atoms with van der Waals surface area (Å²) in [5, 5.41) is 11.4. The molecule has 1 nitrogen and oxygen atoms in total. The first kappa shape index (κ1) is 7.41. The summed E-state index contributed by atoms with van der Waals surface area (Å²) in [4.78, 5) is 0. The smallest absolute Gasteiger partial charge is 0.186 e. The highest BCUT2D eigenvalue weighted by atomic mass is 16.3. The number of allylic oxidation sites excluding steroid dienone is 2. The van der Waals surface area contributed by atoms with Gasteiger partial charge in [0.1, 0.15) is 0 Å². The Bertz CT molecular complexity index is 313. The summed E-state index contributed by atoms with van der Waals surface area (Å²) in [6.07, 6.45) is 5.57. The van der Waals surface area contributed by atoms with Gasteiger partial charge in [-0.25, -0.2) is 0 Å². The molecule has 1 aromatic carbocycles. The normalized spacial score (nSPS) is 16.2. The van der Waals surface area contributed by atoms with Gasteiger partial charge in [0.2, 0.25) is 0 Å². The van der Waals surface area contributed by atoms with Crippen LogP contribution in [-0.4, -0.2) is 0 Å². The molecule has 1 radical (unpaired) electrons. The quantitative estimate of drug-likeness (QED) is 0.598. The summed E-state index contributed by atoms with van der Waals surface area (Å²) in [6.45, 7) is 0. The van der Waals surface area contributed by atoms with Gasteiger partial charge in [-0.15, -0.1) is 0 Å². The molecule has 0 amide bonds. The molecule has 0 aliphatic heterocycles. The third kappa shape index (κ3) is 1.22. The van der Waals surface area contributed by atoms with Crippen molar-refractivity contribution in [3.05, 3.63) is 35.9 Å². The summed E-state index contributed by atoms with van der Waals surface area (Å²) in [5.41, 5.74) is 2.13. The summed E-state index contributed by atoms with van der Waals surface area (Å²) in [7, 11) is 0. The Hall–Kier alpha value is -1.24. The monoisotopic (exact) mass is 159 g/mol. The molecule has 61 valence electrons. The first-order chi connectivity index (χ1) is 5.88. The summed E-state index contributed by atoms with van der Waals surface area (Å²) < 4.78 is 0. The topological polar surface area (TPSA) is 19.9 Å². The van der Waals surface area contributed by atoms with Gasteiger partial charge in [-0.05, 0) is 30.9 Å². The highest BCUT2D eigenvalue weighted by molar-refractivity contribution is 5.71. The minimum Gasteiger partial charge on any atom is -0.289 e. The van der Waals surface area contributed by atoms with Gasteiger partial charge in [0.05, 0.1) is 0 Å². The first-order valence-electron chi connectivity index (χ1n) is 4.33. The van der Waals surface area contributed by atoms with E-state index in [1.807, 2.05) is 12.1 Å². The maximum atomic E-state index is 11.4. The molecule has 0 heterocycles. The molecular formula is C11H11O. The molecule has 0 N–H and O–H groups in total. The van der Waals surface area contributed by atoms with E-state index in [9.17, 15) is 5.11 Å². The van der Waals surface area contributed by atoms with Crippen molar-refractivity contribution in [1.29, 1.82) is 0 Å². The number of hydrogen-bond acceptors (Lipinski definition) is 0. The van der Waals surface area contributed by atoms with E-state index in [4.69, 9.17) is 0 Å². The Labute approximate surface area is 72.4 Å². The summed E-state index contributed by atoms with van der Waals surface area (Å²) in [5.74, 6) is 0.158. The van der Waals surface area contributed by atoms with E-state index >= 15 is 0 Å². The Morgan fingerprint density at radius 1 is 1.17 bits per heavy atom. The molecular weight excluding hydrogens is 148 g/mol. The Kier molecular flexibility index (Phi) is 1.86. The van der Waals surface area contributed by atoms with Crippen LogP contribution in [0.25, 0.3) is 5.57 Å². The van der Waals surface area contributed by atoms with Crippen LogP contribution in [0.1, 0.15) is 24.8 Å². The van der Waals surface area contributed by atoms with Crippen molar-refractivity contribution >= 4 is 5.57 Å². The zero-order valence-electron chi connectivity index (χ0n) is 6.92. The van der Waals surface area contributed by atoms with E-state index in [0.29, 0.717) is 0 Å². The van der Waals surface area contributed by atoms with Crippen LogP contribution < -0.4 is 0 Å². The molecule has 0 saturated carbocycles. The van der Waals surface area contributed by atoms with Gasteiger partial charge in [0.25, 0.3) is 0 Å². The van der Waals surface area contributed by atoms with E-state index in [1.54, 1.807) is 12.1 Å². The fourth-order valence-electron chi connectivity index (χ4n) is 1.65. The van der Waals surface area contributed by atoms with Crippen molar-refractivity contribution in [1.82, 2.24) is 0 Å². The van der Waals surface area contributed by atoms with Crippen molar-refractivity contribution in [3.8, 4) is 5.75 Å². The zero-order chi connectivity index (χ0) is 8.39. The lowest BCUT2D eigenvalue weighted by atomic mass is 10.0. The van der Waals surface area contributed by atoms with Crippen LogP contribution >= 0.6 is 0 Å². The van der Waals surface area contributed by atoms with Crippen molar-refractivity contribution in [2.24, 2.45) is 0 Å². The summed E-state index contributed by atoms with van der Waals surface area (Å²) in [6, 6.07) is 7.27. The van der Waals surface area contributed by atoms with Crippen LogP contribution in [0.3, 0.4) is 0 Å². The number of para-hydroxylation sites is 1. The highest BCUT2D eigenvalue weighted by Gasteiger charge is 2.10. The van der Waals surface area contributed by atoms with Crippen LogP contribution in [0.4, 0.5) is 0 Å². The zero-order valence-corrected chi connectivity index (χ0v) is 6.92. The Balaban J connectivity index is 2.39. The second-order valence-corrected chi connectivity index (χ2v) is 3.12. The minimum atomic E-state index is 0.158. The van der Waals surface area contributed by atoms with E-state index in [0.717, 1.165) is 18.4 Å². The van der Waals surface area contributed by atoms with Crippen LogP contribution in [0.15, 0.2) is 30.3 Å².